The Morgan fingerprint density at radius 2 is 2.09 bits per heavy atom. The van der Waals surface area contributed by atoms with E-state index in [1.54, 1.807) is 24.7 Å². The highest BCUT2D eigenvalue weighted by Gasteiger charge is 2.16. The summed E-state index contributed by atoms with van der Waals surface area (Å²) in [4.78, 5) is 22.2. The summed E-state index contributed by atoms with van der Waals surface area (Å²) in [6, 6.07) is 5.91. The molecule has 8 heteroatoms. The summed E-state index contributed by atoms with van der Waals surface area (Å²) in [7, 11) is 1.78. The van der Waals surface area contributed by atoms with Crippen molar-refractivity contribution in [1.29, 1.82) is 0 Å². The molecule has 22 heavy (non-hydrogen) atoms. The molecule has 2 aromatic rings. The van der Waals surface area contributed by atoms with Crippen molar-refractivity contribution in [2.24, 2.45) is 7.05 Å². The lowest BCUT2D eigenvalue weighted by Gasteiger charge is -2.08. The number of nitro groups is 1. The van der Waals surface area contributed by atoms with Crippen LogP contribution in [0.25, 0.3) is 0 Å². The Morgan fingerprint density at radius 1 is 1.41 bits per heavy atom. The Labute approximate surface area is 126 Å². The molecule has 2 rings (SSSR count). The number of aromatic nitrogens is 2. The summed E-state index contributed by atoms with van der Waals surface area (Å²) in [5.41, 5.74) is 1.96. The number of hydrogen-bond donors (Lipinski definition) is 1. The number of ether oxygens (including phenoxy) is 1. The molecule has 0 aliphatic rings. The van der Waals surface area contributed by atoms with Crippen molar-refractivity contribution in [1.82, 2.24) is 9.78 Å². The van der Waals surface area contributed by atoms with Crippen LogP contribution in [0.5, 0.6) is 5.75 Å². The van der Waals surface area contributed by atoms with Crippen LogP contribution in [0, 0.1) is 24.0 Å². The van der Waals surface area contributed by atoms with Crippen molar-refractivity contribution in [2.45, 2.75) is 13.8 Å². The number of benzene rings is 1. The smallest absolute Gasteiger partial charge is 0.310 e. The summed E-state index contributed by atoms with van der Waals surface area (Å²) >= 11 is 0. The number of nitrogens with one attached hydrogen (secondary N) is 1. The molecular formula is C14H16N4O4. The predicted molar refractivity (Wildman–Crippen MR) is 79.9 cm³/mol. The average molecular weight is 304 g/mol. The summed E-state index contributed by atoms with van der Waals surface area (Å²) in [5, 5.41) is 17.8. The zero-order valence-electron chi connectivity index (χ0n) is 12.5. The molecule has 0 bridgehead atoms. The normalized spacial score (nSPS) is 10.3. The molecule has 0 aliphatic heterocycles. The molecule has 0 aliphatic carbocycles. The quantitative estimate of drug-likeness (QED) is 0.672. The van der Waals surface area contributed by atoms with Crippen LogP contribution in [-0.2, 0) is 11.8 Å². The molecule has 1 N–H and O–H groups in total. The number of nitrogens with zero attached hydrogens (tertiary/aromatic N) is 3. The topological polar surface area (TPSA) is 99.3 Å². The third-order valence-corrected chi connectivity index (χ3v) is 3.19. The van der Waals surface area contributed by atoms with E-state index in [4.69, 9.17) is 4.74 Å². The first kappa shape index (κ1) is 15.5. The van der Waals surface area contributed by atoms with Crippen LogP contribution in [0.1, 0.15) is 11.4 Å². The van der Waals surface area contributed by atoms with Gasteiger partial charge in [-0.1, -0.05) is 12.1 Å². The van der Waals surface area contributed by atoms with E-state index in [9.17, 15) is 14.9 Å². The average Bonchev–Trinajstić information content (AvgIpc) is 2.72. The van der Waals surface area contributed by atoms with Gasteiger partial charge in [-0.15, -0.1) is 0 Å². The number of hydrogen-bond acceptors (Lipinski definition) is 5. The van der Waals surface area contributed by atoms with Gasteiger partial charge in [0.2, 0.25) is 0 Å². The van der Waals surface area contributed by atoms with Crippen molar-refractivity contribution >= 4 is 17.3 Å². The van der Waals surface area contributed by atoms with Crippen LogP contribution < -0.4 is 10.1 Å². The van der Waals surface area contributed by atoms with Gasteiger partial charge in [0.15, 0.2) is 12.4 Å². The summed E-state index contributed by atoms with van der Waals surface area (Å²) in [6.07, 6.45) is 0. The molecule has 0 fully saturated rings. The van der Waals surface area contributed by atoms with E-state index in [0.29, 0.717) is 11.4 Å². The molecule has 8 nitrogen and oxygen atoms in total. The molecule has 1 heterocycles. The predicted octanol–water partition coefficient (Wildman–Crippen LogP) is 1.96. The number of aryl methyl sites for hydroxylation is 2. The van der Waals surface area contributed by atoms with Crippen molar-refractivity contribution in [3.05, 3.63) is 45.8 Å². The third-order valence-electron chi connectivity index (χ3n) is 3.19. The first-order valence-electron chi connectivity index (χ1n) is 6.56. The van der Waals surface area contributed by atoms with Gasteiger partial charge in [0.1, 0.15) is 0 Å². The zero-order chi connectivity index (χ0) is 16.3. The molecule has 0 unspecified atom stereocenters. The van der Waals surface area contributed by atoms with E-state index in [0.717, 1.165) is 5.69 Å². The highest BCUT2D eigenvalue weighted by atomic mass is 16.6. The number of nitro benzene ring substituents is 1. The zero-order valence-corrected chi connectivity index (χ0v) is 12.5. The van der Waals surface area contributed by atoms with E-state index >= 15 is 0 Å². The summed E-state index contributed by atoms with van der Waals surface area (Å²) < 4.78 is 6.90. The van der Waals surface area contributed by atoms with Crippen LogP contribution in [0.2, 0.25) is 0 Å². The fourth-order valence-electron chi connectivity index (χ4n) is 2.00. The van der Waals surface area contributed by atoms with Gasteiger partial charge in [0, 0.05) is 13.1 Å². The first-order chi connectivity index (χ1) is 10.4. The van der Waals surface area contributed by atoms with Gasteiger partial charge in [-0.05, 0) is 19.9 Å². The summed E-state index contributed by atoms with van der Waals surface area (Å²) in [6.45, 7) is 3.29. The minimum Gasteiger partial charge on any atom is -0.477 e. The Bertz CT molecular complexity index is 724. The molecule has 0 atom stereocenters. The lowest BCUT2D eigenvalue weighted by Crippen LogP contribution is -2.21. The molecular weight excluding hydrogens is 288 g/mol. The maximum absolute atomic E-state index is 11.9. The fourth-order valence-corrected chi connectivity index (χ4v) is 2.00. The maximum atomic E-state index is 11.9. The molecule has 0 radical (unpaired) electrons. The number of carbonyl (C=O) groups is 1. The van der Waals surface area contributed by atoms with Crippen LogP contribution in [0.15, 0.2) is 24.3 Å². The SMILES string of the molecule is Cc1nn(C)c(C)c1NC(=O)COc1ccccc1[N+](=O)[O-]. The van der Waals surface area contributed by atoms with Gasteiger partial charge in [-0.3, -0.25) is 19.6 Å². The number of para-hydroxylation sites is 2. The molecule has 116 valence electrons. The maximum Gasteiger partial charge on any atom is 0.310 e. The van der Waals surface area contributed by atoms with Crippen molar-refractivity contribution in [3.63, 3.8) is 0 Å². The van der Waals surface area contributed by atoms with Crippen molar-refractivity contribution < 1.29 is 14.5 Å². The van der Waals surface area contributed by atoms with E-state index in [1.165, 1.54) is 18.2 Å². The highest BCUT2D eigenvalue weighted by Crippen LogP contribution is 2.25. The van der Waals surface area contributed by atoms with Crippen molar-refractivity contribution in [3.8, 4) is 5.75 Å². The fraction of sp³-hybridized carbons (Fsp3) is 0.286. The van der Waals surface area contributed by atoms with Gasteiger partial charge >= 0.3 is 5.69 Å². The van der Waals surface area contributed by atoms with Crippen LogP contribution in [-0.4, -0.2) is 27.2 Å². The number of amides is 1. The monoisotopic (exact) mass is 304 g/mol. The lowest BCUT2D eigenvalue weighted by molar-refractivity contribution is -0.385. The lowest BCUT2D eigenvalue weighted by atomic mass is 10.3. The Balaban J connectivity index is 2.03. The summed E-state index contributed by atoms with van der Waals surface area (Å²) in [5.74, 6) is -0.348. The second-order valence-corrected chi connectivity index (χ2v) is 4.73. The van der Waals surface area contributed by atoms with Crippen LogP contribution >= 0.6 is 0 Å². The molecule has 1 aromatic heterocycles. The number of carbonyl (C=O) groups excluding carboxylic acids is 1. The van der Waals surface area contributed by atoms with Gasteiger partial charge in [0.05, 0.1) is 22.0 Å². The Hall–Kier alpha value is -2.90. The van der Waals surface area contributed by atoms with Gasteiger partial charge in [0.25, 0.3) is 5.91 Å². The van der Waals surface area contributed by atoms with Gasteiger partial charge in [-0.2, -0.15) is 5.10 Å². The Morgan fingerprint density at radius 3 is 2.68 bits per heavy atom. The minimum absolute atomic E-state index is 0.0577. The largest absolute Gasteiger partial charge is 0.477 e. The van der Waals surface area contributed by atoms with E-state index in [2.05, 4.69) is 10.4 Å². The minimum atomic E-state index is -0.553. The highest BCUT2D eigenvalue weighted by molar-refractivity contribution is 5.93. The number of anilines is 1. The molecule has 0 saturated heterocycles. The standard InChI is InChI=1S/C14H16N4O4/c1-9-14(10(2)17(3)16-9)15-13(19)8-22-12-7-5-4-6-11(12)18(20)21/h4-7H,8H2,1-3H3,(H,15,19). The molecule has 0 spiro atoms. The molecule has 1 amide bonds. The first-order valence-corrected chi connectivity index (χ1v) is 6.56. The molecule has 1 aromatic carbocycles. The molecule has 0 saturated carbocycles. The second kappa shape index (κ2) is 6.25. The van der Waals surface area contributed by atoms with Gasteiger partial charge < -0.3 is 10.1 Å². The van der Waals surface area contributed by atoms with Crippen molar-refractivity contribution in [2.75, 3.05) is 11.9 Å². The Kier molecular flexibility index (Phi) is 4.40. The number of rotatable bonds is 5. The van der Waals surface area contributed by atoms with E-state index in [-0.39, 0.29) is 18.0 Å². The van der Waals surface area contributed by atoms with Crippen LogP contribution in [0.3, 0.4) is 0 Å². The van der Waals surface area contributed by atoms with E-state index < -0.39 is 10.8 Å². The van der Waals surface area contributed by atoms with Crippen LogP contribution in [0.4, 0.5) is 11.4 Å². The van der Waals surface area contributed by atoms with E-state index in [1.807, 2.05) is 6.92 Å². The second-order valence-electron chi connectivity index (χ2n) is 4.73. The van der Waals surface area contributed by atoms with Gasteiger partial charge in [-0.25, -0.2) is 0 Å². The third kappa shape index (κ3) is 3.22.